The maximum absolute atomic E-state index is 5.95. The Hall–Kier alpha value is -1.62. The van der Waals surface area contributed by atoms with E-state index in [4.69, 9.17) is 5.73 Å². The molecule has 0 aliphatic carbocycles. The van der Waals surface area contributed by atoms with Gasteiger partial charge in [-0.15, -0.1) is 0 Å². The van der Waals surface area contributed by atoms with Gasteiger partial charge in [0.15, 0.2) is 5.65 Å². The fourth-order valence-electron chi connectivity index (χ4n) is 2.66. The fraction of sp³-hybridized carbons (Fsp3) is 0.538. The zero-order valence-electron chi connectivity index (χ0n) is 10.5. The second kappa shape index (κ2) is 4.94. The molecule has 2 N–H and O–H groups in total. The molecule has 2 aromatic rings. The number of hydrogen-bond acceptors (Lipinski definition) is 4. The number of nitrogens with two attached hydrogens (primary N) is 1. The van der Waals surface area contributed by atoms with Crippen molar-refractivity contribution in [1.29, 1.82) is 0 Å². The first-order valence-electron chi connectivity index (χ1n) is 6.64. The molecule has 0 atom stereocenters. The molecule has 18 heavy (non-hydrogen) atoms. The average molecular weight is 245 g/mol. The average Bonchev–Trinajstić information content (AvgIpc) is 2.98. The minimum Gasteiger partial charge on any atom is -0.369 e. The van der Waals surface area contributed by atoms with Crippen LogP contribution in [0.4, 0.5) is 5.95 Å². The molecule has 0 unspecified atom stereocenters. The smallest absolute Gasteiger partial charge is 0.202 e. The number of nitrogen functional groups attached to an aromatic ring is 1. The number of imidazole rings is 1. The Morgan fingerprint density at radius 3 is 2.89 bits per heavy atom. The van der Waals surface area contributed by atoms with Gasteiger partial charge in [0.25, 0.3) is 0 Å². The van der Waals surface area contributed by atoms with E-state index in [9.17, 15) is 0 Å². The van der Waals surface area contributed by atoms with Crippen molar-refractivity contribution < 1.29 is 0 Å². The molecule has 1 saturated heterocycles. The summed E-state index contributed by atoms with van der Waals surface area (Å²) in [6.07, 6.45) is 5.59. The number of aryl methyl sites for hydroxylation is 1. The van der Waals surface area contributed by atoms with E-state index in [1.165, 1.54) is 25.9 Å². The number of rotatable bonds is 4. The van der Waals surface area contributed by atoms with Crippen LogP contribution < -0.4 is 5.73 Å². The van der Waals surface area contributed by atoms with Gasteiger partial charge in [-0.1, -0.05) is 0 Å². The molecule has 96 valence electrons. The molecular weight excluding hydrogens is 226 g/mol. The van der Waals surface area contributed by atoms with Crippen molar-refractivity contribution in [2.75, 3.05) is 25.4 Å². The second-order valence-corrected chi connectivity index (χ2v) is 4.87. The van der Waals surface area contributed by atoms with Gasteiger partial charge in [0.2, 0.25) is 5.95 Å². The molecule has 5 nitrogen and oxygen atoms in total. The molecular formula is C13H19N5. The van der Waals surface area contributed by atoms with Crippen molar-refractivity contribution in [2.45, 2.75) is 25.8 Å². The van der Waals surface area contributed by atoms with Crippen LogP contribution in [0.5, 0.6) is 0 Å². The molecule has 3 rings (SSSR count). The Balaban J connectivity index is 1.68. The number of pyridine rings is 1. The lowest BCUT2D eigenvalue weighted by atomic mass is 10.3. The number of likely N-dealkylation sites (tertiary alicyclic amines) is 1. The third-order valence-electron chi connectivity index (χ3n) is 3.59. The van der Waals surface area contributed by atoms with E-state index >= 15 is 0 Å². The molecule has 0 bridgehead atoms. The molecule has 1 aliphatic rings. The molecule has 0 saturated carbocycles. The maximum Gasteiger partial charge on any atom is 0.202 e. The van der Waals surface area contributed by atoms with E-state index in [1.807, 2.05) is 16.7 Å². The summed E-state index contributed by atoms with van der Waals surface area (Å²) in [5.74, 6) is 0.574. The van der Waals surface area contributed by atoms with Crippen LogP contribution in [0.1, 0.15) is 19.3 Å². The van der Waals surface area contributed by atoms with E-state index in [0.717, 1.165) is 30.7 Å². The Kier molecular flexibility index (Phi) is 3.15. The van der Waals surface area contributed by atoms with Crippen molar-refractivity contribution in [3.8, 4) is 0 Å². The van der Waals surface area contributed by atoms with Gasteiger partial charge in [0.1, 0.15) is 5.52 Å². The maximum atomic E-state index is 5.95. The third kappa shape index (κ3) is 2.18. The minimum absolute atomic E-state index is 0.574. The van der Waals surface area contributed by atoms with Crippen LogP contribution in [0.2, 0.25) is 0 Å². The lowest BCUT2D eigenvalue weighted by Gasteiger charge is -2.14. The summed E-state index contributed by atoms with van der Waals surface area (Å²) >= 11 is 0. The van der Waals surface area contributed by atoms with Crippen LogP contribution >= 0.6 is 0 Å². The van der Waals surface area contributed by atoms with Crippen molar-refractivity contribution in [1.82, 2.24) is 19.4 Å². The van der Waals surface area contributed by atoms with Gasteiger partial charge in [0, 0.05) is 12.7 Å². The van der Waals surface area contributed by atoms with E-state index < -0.39 is 0 Å². The highest BCUT2D eigenvalue weighted by Gasteiger charge is 2.12. The third-order valence-corrected chi connectivity index (χ3v) is 3.59. The van der Waals surface area contributed by atoms with Crippen molar-refractivity contribution in [2.24, 2.45) is 0 Å². The summed E-state index contributed by atoms with van der Waals surface area (Å²) in [5.41, 5.74) is 7.73. The van der Waals surface area contributed by atoms with Gasteiger partial charge in [0.05, 0.1) is 0 Å². The first-order valence-corrected chi connectivity index (χ1v) is 6.64. The van der Waals surface area contributed by atoms with Crippen molar-refractivity contribution in [3.63, 3.8) is 0 Å². The minimum atomic E-state index is 0.574. The fourth-order valence-corrected chi connectivity index (χ4v) is 2.66. The molecule has 1 fully saturated rings. The summed E-state index contributed by atoms with van der Waals surface area (Å²) in [4.78, 5) is 11.2. The summed E-state index contributed by atoms with van der Waals surface area (Å²) in [6.45, 7) is 4.54. The van der Waals surface area contributed by atoms with Gasteiger partial charge < -0.3 is 10.6 Å². The highest BCUT2D eigenvalue weighted by molar-refractivity contribution is 5.73. The van der Waals surface area contributed by atoms with Gasteiger partial charge in [-0.25, -0.2) is 9.97 Å². The van der Waals surface area contributed by atoms with Crippen LogP contribution in [0.15, 0.2) is 18.3 Å². The normalized spacial score (nSPS) is 16.7. The van der Waals surface area contributed by atoms with Crippen molar-refractivity contribution >= 4 is 17.1 Å². The van der Waals surface area contributed by atoms with E-state index in [1.54, 1.807) is 6.20 Å². The molecule has 0 amide bonds. The predicted octanol–water partition coefficient (Wildman–Crippen LogP) is 1.50. The quantitative estimate of drug-likeness (QED) is 0.886. The topological polar surface area (TPSA) is 60.0 Å². The molecule has 0 spiro atoms. The summed E-state index contributed by atoms with van der Waals surface area (Å²) in [6, 6.07) is 3.85. The standard InChI is InChI=1S/C13H19N5/c14-13-16-11-5-3-6-15-12(11)18(13)10-4-9-17-7-1-2-8-17/h3,5-6H,1-2,4,7-10H2,(H2,14,16). The molecule has 0 radical (unpaired) electrons. The molecule has 5 heteroatoms. The summed E-state index contributed by atoms with van der Waals surface area (Å²) < 4.78 is 2.02. The monoisotopic (exact) mass is 245 g/mol. The SMILES string of the molecule is Nc1nc2cccnc2n1CCCN1CCCC1. The summed E-state index contributed by atoms with van der Waals surface area (Å²) in [5, 5.41) is 0. The van der Waals surface area contributed by atoms with Crippen LogP contribution in [0.25, 0.3) is 11.2 Å². The van der Waals surface area contributed by atoms with Crippen LogP contribution in [-0.4, -0.2) is 39.1 Å². The Labute approximate surface area is 107 Å². The zero-order valence-corrected chi connectivity index (χ0v) is 10.5. The number of hydrogen-bond donors (Lipinski definition) is 1. The Bertz CT molecular complexity index is 527. The lowest BCUT2D eigenvalue weighted by molar-refractivity contribution is 0.326. The summed E-state index contributed by atoms with van der Waals surface area (Å²) in [7, 11) is 0. The molecule has 1 aliphatic heterocycles. The van der Waals surface area contributed by atoms with E-state index in [2.05, 4.69) is 14.9 Å². The molecule has 2 aromatic heterocycles. The first kappa shape index (κ1) is 11.5. The Morgan fingerprint density at radius 2 is 2.06 bits per heavy atom. The molecule has 0 aromatic carbocycles. The van der Waals surface area contributed by atoms with E-state index in [0.29, 0.717) is 5.95 Å². The first-order chi connectivity index (χ1) is 8.84. The highest BCUT2D eigenvalue weighted by Crippen LogP contribution is 2.16. The zero-order chi connectivity index (χ0) is 12.4. The number of aromatic nitrogens is 3. The largest absolute Gasteiger partial charge is 0.369 e. The van der Waals surface area contributed by atoms with Crippen LogP contribution in [-0.2, 0) is 6.54 Å². The Morgan fingerprint density at radius 1 is 1.22 bits per heavy atom. The second-order valence-electron chi connectivity index (χ2n) is 4.87. The predicted molar refractivity (Wildman–Crippen MR) is 72.2 cm³/mol. The lowest BCUT2D eigenvalue weighted by Crippen LogP contribution is -2.21. The van der Waals surface area contributed by atoms with Gasteiger partial charge in [-0.3, -0.25) is 4.57 Å². The number of fused-ring (bicyclic) bond motifs is 1. The molecule has 3 heterocycles. The van der Waals surface area contributed by atoms with Gasteiger partial charge >= 0.3 is 0 Å². The number of nitrogens with zero attached hydrogens (tertiary/aromatic N) is 4. The number of anilines is 1. The van der Waals surface area contributed by atoms with Gasteiger partial charge in [-0.2, -0.15) is 0 Å². The van der Waals surface area contributed by atoms with Crippen LogP contribution in [0, 0.1) is 0 Å². The van der Waals surface area contributed by atoms with E-state index in [-0.39, 0.29) is 0 Å². The highest BCUT2D eigenvalue weighted by atomic mass is 15.2. The van der Waals surface area contributed by atoms with Gasteiger partial charge in [-0.05, 0) is 51.0 Å². The van der Waals surface area contributed by atoms with Crippen LogP contribution in [0.3, 0.4) is 0 Å². The van der Waals surface area contributed by atoms with Crippen molar-refractivity contribution in [3.05, 3.63) is 18.3 Å².